The number of ether oxygens (including phenoxy) is 3. The predicted molar refractivity (Wildman–Crippen MR) is 104 cm³/mol. The van der Waals surface area contributed by atoms with E-state index in [9.17, 15) is 19.2 Å². The van der Waals surface area contributed by atoms with Crippen LogP contribution in [-0.2, 0) is 33.4 Å². The predicted octanol–water partition coefficient (Wildman–Crippen LogP) is 1.87. The van der Waals surface area contributed by atoms with Crippen molar-refractivity contribution >= 4 is 23.9 Å². The molecule has 0 aromatic heterocycles. The first-order chi connectivity index (χ1) is 12.1. The fraction of sp³-hybridized carbons (Fsp3) is 0.789. The molecule has 168 valence electrons. The van der Waals surface area contributed by atoms with Crippen molar-refractivity contribution in [2.45, 2.75) is 62.8 Å². The average molecular weight is 411 g/mol. The van der Waals surface area contributed by atoms with Gasteiger partial charge in [-0.25, -0.2) is 0 Å². The molecule has 0 amide bonds. The molecule has 28 heavy (non-hydrogen) atoms. The molecule has 0 heterocycles. The van der Waals surface area contributed by atoms with Crippen LogP contribution in [0, 0.1) is 10.8 Å². The highest BCUT2D eigenvalue weighted by molar-refractivity contribution is 5.82. The Hall–Kier alpha value is -2.00. The van der Waals surface area contributed by atoms with Crippen molar-refractivity contribution in [3.63, 3.8) is 0 Å². The van der Waals surface area contributed by atoms with Crippen LogP contribution in [0.3, 0.4) is 0 Å². The molecule has 0 aromatic carbocycles. The molecule has 0 atom stereocenters. The quantitative estimate of drug-likeness (QED) is 0.382. The van der Waals surface area contributed by atoms with Gasteiger partial charge in [0.25, 0.3) is 0 Å². The van der Waals surface area contributed by atoms with Gasteiger partial charge in [-0.3, -0.25) is 19.2 Å². The van der Waals surface area contributed by atoms with E-state index in [0.717, 1.165) is 0 Å². The summed E-state index contributed by atoms with van der Waals surface area (Å²) in [6, 6.07) is 0. The molecular weight excluding hydrogens is 372 g/mol. The van der Waals surface area contributed by atoms with E-state index >= 15 is 0 Å². The molecule has 0 radical (unpaired) electrons. The summed E-state index contributed by atoms with van der Waals surface area (Å²) in [5.74, 6) is -1.77. The Morgan fingerprint density at radius 2 is 0.929 bits per heavy atom. The lowest BCUT2D eigenvalue weighted by molar-refractivity contribution is -0.156. The number of esters is 4. The Morgan fingerprint density at radius 1 is 0.643 bits per heavy atom. The third-order valence-corrected chi connectivity index (χ3v) is 2.48. The van der Waals surface area contributed by atoms with Gasteiger partial charge >= 0.3 is 23.9 Å². The Morgan fingerprint density at radius 3 is 1.04 bits per heavy atom. The molecule has 0 aliphatic heterocycles. The number of carbonyl (C=O) groups is 4. The molecule has 0 fully saturated rings. The van der Waals surface area contributed by atoms with Crippen molar-refractivity contribution in [2.24, 2.45) is 10.8 Å². The first kappa shape index (κ1) is 33.6. The van der Waals surface area contributed by atoms with Gasteiger partial charge in [-0.2, -0.15) is 0 Å². The minimum Gasteiger partial charge on any atom is -0.465 e. The molecule has 2 N–H and O–H groups in total. The number of aliphatic hydroxyl groups is 2. The first-order valence-corrected chi connectivity index (χ1v) is 8.26. The zero-order chi connectivity index (χ0) is 22.3. The van der Waals surface area contributed by atoms with Gasteiger partial charge in [0, 0.05) is 38.5 Å². The van der Waals surface area contributed by atoms with Crippen LogP contribution < -0.4 is 0 Å². The van der Waals surface area contributed by atoms with Crippen LogP contribution in [0.4, 0.5) is 0 Å². The summed E-state index contributed by atoms with van der Waals surface area (Å²) in [6.45, 7) is 13.0. The number of hydrogen-bond acceptors (Lipinski definition) is 9. The molecule has 0 spiro atoms. The molecule has 0 unspecified atom stereocenters. The maximum Gasteiger partial charge on any atom is 0.310 e. The van der Waals surface area contributed by atoms with Crippen molar-refractivity contribution in [1.29, 1.82) is 0 Å². The largest absolute Gasteiger partial charge is 0.465 e. The standard InChI is InChI=1S/C9H16O4.C5H12O2.C4H6O3.CH4/c1-7(10)12-5-9(3,4)6-13-8(2)11;1-5(2,3-6)4-7;1-3(5)7-4(2)6;/h5-6H2,1-4H3;6-7H,3-4H2,1-2H3;1-2H3;1H4. The van der Waals surface area contributed by atoms with Gasteiger partial charge in [0.05, 0.1) is 26.4 Å². The highest BCUT2D eigenvalue weighted by atomic mass is 16.6. The summed E-state index contributed by atoms with van der Waals surface area (Å²) in [4.78, 5) is 40.6. The second-order valence-corrected chi connectivity index (χ2v) is 7.29. The zero-order valence-corrected chi connectivity index (χ0v) is 17.6. The zero-order valence-electron chi connectivity index (χ0n) is 17.6. The summed E-state index contributed by atoms with van der Waals surface area (Å²) in [7, 11) is 0. The SMILES string of the molecule is C.CC(=O)OC(C)=O.CC(=O)OCC(C)(C)COC(C)=O.CC(C)(CO)CO. The van der Waals surface area contributed by atoms with Crippen LogP contribution in [0.15, 0.2) is 0 Å². The lowest BCUT2D eigenvalue weighted by atomic mass is 9.96. The highest BCUT2D eigenvalue weighted by Gasteiger charge is 2.21. The second-order valence-electron chi connectivity index (χ2n) is 7.29. The van der Waals surface area contributed by atoms with Gasteiger partial charge in [-0.15, -0.1) is 0 Å². The summed E-state index contributed by atoms with van der Waals surface area (Å²) in [6.07, 6.45) is 0. The third kappa shape index (κ3) is 31.7. The Bertz CT molecular complexity index is 430. The Kier molecular flexibility index (Phi) is 20.5. The van der Waals surface area contributed by atoms with Gasteiger partial charge < -0.3 is 24.4 Å². The van der Waals surface area contributed by atoms with Crippen LogP contribution >= 0.6 is 0 Å². The summed E-state index contributed by atoms with van der Waals surface area (Å²) in [5, 5.41) is 16.9. The number of rotatable bonds is 6. The minimum absolute atomic E-state index is 0. The Labute approximate surface area is 168 Å². The van der Waals surface area contributed by atoms with E-state index < -0.39 is 11.9 Å². The maximum absolute atomic E-state index is 10.5. The molecule has 0 saturated carbocycles. The van der Waals surface area contributed by atoms with E-state index in [1.807, 2.05) is 13.8 Å². The topological polar surface area (TPSA) is 136 Å². The van der Waals surface area contributed by atoms with Gasteiger partial charge in [0.15, 0.2) is 0 Å². The van der Waals surface area contributed by atoms with E-state index in [1.165, 1.54) is 27.7 Å². The normalized spacial score (nSPS) is 9.93. The fourth-order valence-electron chi connectivity index (χ4n) is 0.888. The second kappa shape index (κ2) is 17.1. The van der Waals surface area contributed by atoms with Gasteiger partial charge in [0.1, 0.15) is 0 Å². The van der Waals surface area contributed by atoms with Crippen LogP contribution in [-0.4, -0.2) is 60.5 Å². The van der Waals surface area contributed by atoms with Crippen LogP contribution in [0.1, 0.15) is 62.8 Å². The van der Waals surface area contributed by atoms with E-state index in [-0.39, 0.29) is 56.6 Å². The lowest BCUT2D eigenvalue weighted by Gasteiger charge is -2.22. The monoisotopic (exact) mass is 410 g/mol. The number of hydrogen-bond donors (Lipinski definition) is 2. The van der Waals surface area contributed by atoms with E-state index in [0.29, 0.717) is 0 Å². The molecule has 0 bridgehead atoms. The van der Waals surface area contributed by atoms with Crippen molar-refractivity contribution in [1.82, 2.24) is 0 Å². The van der Waals surface area contributed by atoms with Crippen molar-refractivity contribution in [3.8, 4) is 0 Å². The molecule has 0 aliphatic rings. The van der Waals surface area contributed by atoms with Crippen LogP contribution in [0.5, 0.6) is 0 Å². The highest BCUT2D eigenvalue weighted by Crippen LogP contribution is 2.15. The van der Waals surface area contributed by atoms with E-state index in [1.54, 1.807) is 13.8 Å². The van der Waals surface area contributed by atoms with Crippen molar-refractivity contribution < 1.29 is 43.6 Å². The number of carbonyl (C=O) groups excluding carboxylic acids is 4. The van der Waals surface area contributed by atoms with Crippen LogP contribution in [0.25, 0.3) is 0 Å². The van der Waals surface area contributed by atoms with Gasteiger partial charge in [-0.05, 0) is 0 Å². The molecule has 9 heteroatoms. The maximum atomic E-state index is 10.5. The minimum atomic E-state index is -0.562. The van der Waals surface area contributed by atoms with Gasteiger partial charge in [-0.1, -0.05) is 35.1 Å². The first-order valence-electron chi connectivity index (χ1n) is 8.26. The van der Waals surface area contributed by atoms with E-state index in [4.69, 9.17) is 19.7 Å². The molecular formula is C19H38O9. The fourth-order valence-corrected chi connectivity index (χ4v) is 0.888. The molecule has 0 rings (SSSR count). The average Bonchev–Trinajstić information content (AvgIpc) is 2.51. The summed E-state index contributed by atoms with van der Waals surface area (Å²) in [5.41, 5.74) is -0.628. The van der Waals surface area contributed by atoms with Crippen LogP contribution in [0.2, 0.25) is 0 Å². The number of aliphatic hydroxyl groups excluding tert-OH is 2. The molecule has 0 aromatic rings. The van der Waals surface area contributed by atoms with Crippen molar-refractivity contribution in [2.75, 3.05) is 26.4 Å². The third-order valence-electron chi connectivity index (χ3n) is 2.48. The Balaban J connectivity index is -0.000000165. The molecule has 0 saturated heterocycles. The molecule has 9 nitrogen and oxygen atoms in total. The summed E-state index contributed by atoms with van der Waals surface area (Å²) < 4.78 is 13.6. The lowest BCUT2D eigenvalue weighted by Crippen LogP contribution is -2.27. The smallest absolute Gasteiger partial charge is 0.310 e. The molecule has 0 aliphatic carbocycles. The van der Waals surface area contributed by atoms with E-state index in [2.05, 4.69) is 4.74 Å². The van der Waals surface area contributed by atoms with Crippen molar-refractivity contribution in [3.05, 3.63) is 0 Å². The van der Waals surface area contributed by atoms with Gasteiger partial charge in [0.2, 0.25) is 0 Å². The summed E-state index contributed by atoms with van der Waals surface area (Å²) >= 11 is 0.